The lowest BCUT2D eigenvalue weighted by molar-refractivity contribution is 0.317. The van der Waals surface area contributed by atoms with Gasteiger partial charge in [-0.25, -0.2) is 0 Å². The molecule has 90 valence electrons. The van der Waals surface area contributed by atoms with E-state index >= 15 is 0 Å². The molecule has 0 fully saturated rings. The van der Waals surface area contributed by atoms with Crippen molar-refractivity contribution in [1.29, 1.82) is 0 Å². The van der Waals surface area contributed by atoms with Crippen molar-refractivity contribution in [1.82, 2.24) is 5.43 Å². The molecule has 0 amide bonds. The SMILES string of the molecule is CCOc1ccccc1C(NN)C(C)CC. The highest BCUT2D eigenvalue weighted by atomic mass is 16.5. The summed E-state index contributed by atoms with van der Waals surface area (Å²) in [5, 5.41) is 0. The highest BCUT2D eigenvalue weighted by Crippen LogP contribution is 2.30. The minimum atomic E-state index is 0.146. The van der Waals surface area contributed by atoms with Crippen LogP contribution < -0.4 is 16.0 Å². The van der Waals surface area contributed by atoms with E-state index in [1.54, 1.807) is 0 Å². The third kappa shape index (κ3) is 2.97. The molecule has 1 aromatic carbocycles. The third-order valence-electron chi connectivity index (χ3n) is 2.95. The van der Waals surface area contributed by atoms with Crippen molar-refractivity contribution in [3.63, 3.8) is 0 Å². The van der Waals surface area contributed by atoms with E-state index in [-0.39, 0.29) is 6.04 Å². The van der Waals surface area contributed by atoms with Crippen LogP contribution in [0.15, 0.2) is 24.3 Å². The molecule has 0 aliphatic carbocycles. The number of ether oxygens (including phenoxy) is 1. The molecule has 2 unspecified atom stereocenters. The largest absolute Gasteiger partial charge is 0.494 e. The Balaban J connectivity index is 2.98. The Hall–Kier alpha value is -1.06. The fraction of sp³-hybridized carbons (Fsp3) is 0.538. The second-order valence-corrected chi connectivity index (χ2v) is 4.00. The van der Waals surface area contributed by atoms with Crippen molar-refractivity contribution < 1.29 is 4.74 Å². The molecule has 0 bridgehead atoms. The van der Waals surface area contributed by atoms with E-state index in [9.17, 15) is 0 Å². The van der Waals surface area contributed by atoms with E-state index in [2.05, 4.69) is 25.3 Å². The fourth-order valence-corrected chi connectivity index (χ4v) is 1.82. The molecule has 0 saturated heterocycles. The van der Waals surface area contributed by atoms with Crippen LogP contribution in [0.2, 0.25) is 0 Å². The first-order valence-electron chi connectivity index (χ1n) is 5.92. The molecule has 0 aliphatic heterocycles. The van der Waals surface area contributed by atoms with Gasteiger partial charge in [0.1, 0.15) is 5.75 Å². The predicted octanol–water partition coefficient (Wildman–Crippen LogP) is 2.64. The summed E-state index contributed by atoms with van der Waals surface area (Å²) >= 11 is 0. The van der Waals surface area contributed by atoms with Gasteiger partial charge in [-0.3, -0.25) is 11.3 Å². The smallest absolute Gasteiger partial charge is 0.124 e. The van der Waals surface area contributed by atoms with Gasteiger partial charge >= 0.3 is 0 Å². The van der Waals surface area contributed by atoms with E-state index in [1.807, 2.05) is 25.1 Å². The highest BCUT2D eigenvalue weighted by Gasteiger charge is 2.19. The molecule has 0 heterocycles. The molecule has 2 atom stereocenters. The first kappa shape index (κ1) is 13.0. The van der Waals surface area contributed by atoms with Gasteiger partial charge in [0.15, 0.2) is 0 Å². The minimum absolute atomic E-state index is 0.146. The van der Waals surface area contributed by atoms with Gasteiger partial charge in [0, 0.05) is 5.56 Å². The zero-order valence-corrected chi connectivity index (χ0v) is 10.4. The molecule has 0 aliphatic rings. The second kappa shape index (κ2) is 6.51. The summed E-state index contributed by atoms with van der Waals surface area (Å²) < 4.78 is 5.62. The van der Waals surface area contributed by atoms with Gasteiger partial charge in [-0.1, -0.05) is 38.5 Å². The Kier molecular flexibility index (Phi) is 5.29. The average Bonchev–Trinajstić information content (AvgIpc) is 2.32. The number of nitrogens with one attached hydrogen (secondary N) is 1. The lowest BCUT2D eigenvalue weighted by Gasteiger charge is -2.24. The van der Waals surface area contributed by atoms with E-state index in [4.69, 9.17) is 10.6 Å². The van der Waals surface area contributed by atoms with Crippen LogP contribution in [-0.2, 0) is 0 Å². The number of para-hydroxylation sites is 1. The minimum Gasteiger partial charge on any atom is -0.494 e. The predicted molar refractivity (Wildman–Crippen MR) is 67.1 cm³/mol. The van der Waals surface area contributed by atoms with Gasteiger partial charge in [-0.2, -0.15) is 0 Å². The van der Waals surface area contributed by atoms with Gasteiger partial charge < -0.3 is 4.74 Å². The summed E-state index contributed by atoms with van der Waals surface area (Å²) in [6, 6.07) is 8.21. The molecule has 1 rings (SSSR count). The van der Waals surface area contributed by atoms with Crippen molar-refractivity contribution >= 4 is 0 Å². The van der Waals surface area contributed by atoms with Crippen molar-refractivity contribution in [2.75, 3.05) is 6.61 Å². The molecule has 0 saturated carbocycles. The first-order valence-corrected chi connectivity index (χ1v) is 5.92. The Morgan fingerprint density at radius 3 is 2.56 bits per heavy atom. The van der Waals surface area contributed by atoms with Crippen molar-refractivity contribution in [2.45, 2.75) is 33.2 Å². The molecular formula is C13H22N2O. The number of hydrogen-bond acceptors (Lipinski definition) is 3. The normalized spacial score (nSPS) is 14.5. The van der Waals surface area contributed by atoms with Crippen LogP contribution in [0.5, 0.6) is 5.75 Å². The van der Waals surface area contributed by atoms with E-state index in [0.29, 0.717) is 12.5 Å². The van der Waals surface area contributed by atoms with Crippen LogP contribution in [-0.4, -0.2) is 6.61 Å². The summed E-state index contributed by atoms with van der Waals surface area (Å²) in [7, 11) is 0. The zero-order valence-electron chi connectivity index (χ0n) is 10.4. The Morgan fingerprint density at radius 2 is 2.00 bits per heavy atom. The van der Waals surface area contributed by atoms with Gasteiger partial charge in [0.05, 0.1) is 12.6 Å². The van der Waals surface area contributed by atoms with Crippen LogP contribution in [0.4, 0.5) is 0 Å². The molecule has 16 heavy (non-hydrogen) atoms. The standard InChI is InChI=1S/C13H22N2O/c1-4-10(3)13(15-14)11-8-6-7-9-12(11)16-5-2/h6-10,13,15H,4-5,14H2,1-3H3. The maximum Gasteiger partial charge on any atom is 0.124 e. The average molecular weight is 222 g/mol. The summed E-state index contributed by atoms with van der Waals surface area (Å²) in [5.74, 6) is 7.04. The number of benzene rings is 1. The van der Waals surface area contributed by atoms with Gasteiger partial charge in [-0.15, -0.1) is 0 Å². The summed E-state index contributed by atoms with van der Waals surface area (Å²) in [5.41, 5.74) is 4.03. The second-order valence-electron chi connectivity index (χ2n) is 4.00. The fourth-order valence-electron chi connectivity index (χ4n) is 1.82. The van der Waals surface area contributed by atoms with Gasteiger partial charge in [0.25, 0.3) is 0 Å². The van der Waals surface area contributed by atoms with Gasteiger partial charge in [0.2, 0.25) is 0 Å². The topological polar surface area (TPSA) is 47.3 Å². The number of nitrogens with two attached hydrogens (primary N) is 1. The lowest BCUT2D eigenvalue weighted by atomic mass is 9.92. The Bertz CT molecular complexity index is 315. The van der Waals surface area contributed by atoms with E-state index in [0.717, 1.165) is 17.7 Å². The van der Waals surface area contributed by atoms with Crippen molar-refractivity contribution in [3.05, 3.63) is 29.8 Å². The molecule has 0 radical (unpaired) electrons. The van der Waals surface area contributed by atoms with Crippen molar-refractivity contribution in [2.24, 2.45) is 11.8 Å². The van der Waals surface area contributed by atoms with Crippen LogP contribution in [0.25, 0.3) is 0 Å². The Labute approximate surface area is 98.0 Å². The summed E-state index contributed by atoms with van der Waals surface area (Å²) in [6.07, 6.45) is 1.08. The van der Waals surface area contributed by atoms with Crippen LogP contribution in [0.1, 0.15) is 38.8 Å². The maximum atomic E-state index is 5.64. The number of rotatable bonds is 6. The summed E-state index contributed by atoms with van der Waals surface area (Å²) in [6.45, 7) is 7.02. The molecule has 3 heteroatoms. The van der Waals surface area contributed by atoms with Gasteiger partial charge in [-0.05, 0) is 18.9 Å². The molecule has 3 N–H and O–H groups in total. The molecule has 1 aromatic rings. The highest BCUT2D eigenvalue weighted by molar-refractivity contribution is 5.36. The lowest BCUT2D eigenvalue weighted by Crippen LogP contribution is -2.32. The summed E-state index contributed by atoms with van der Waals surface area (Å²) in [4.78, 5) is 0. The molecular weight excluding hydrogens is 200 g/mol. The Morgan fingerprint density at radius 1 is 1.31 bits per heavy atom. The van der Waals surface area contributed by atoms with Crippen LogP contribution >= 0.6 is 0 Å². The van der Waals surface area contributed by atoms with E-state index in [1.165, 1.54) is 0 Å². The number of hydrogen-bond donors (Lipinski definition) is 2. The first-order chi connectivity index (χ1) is 7.74. The molecule has 0 aromatic heterocycles. The maximum absolute atomic E-state index is 5.64. The van der Waals surface area contributed by atoms with Crippen LogP contribution in [0.3, 0.4) is 0 Å². The zero-order chi connectivity index (χ0) is 12.0. The molecule has 0 spiro atoms. The van der Waals surface area contributed by atoms with E-state index < -0.39 is 0 Å². The number of hydrazine groups is 1. The van der Waals surface area contributed by atoms with Crippen molar-refractivity contribution in [3.8, 4) is 5.75 Å². The van der Waals surface area contributed by atoms with Crippen LogP contribution in [0, 0.1) is 5.92 Å². The third-order valence-corrected chi connectivity index (χ3v) is 2.95. The quantitative estimate of drug-likeness (QED) is 0.574. The molecule has 3 nitrogen and oxygen atoms in total. The monoisotopic (exact) mass is 222 g/mol.